The number of rotatable bonds is 5. The fourth-order valence-corrected chi connectivity index (χ4v) is 2.97. The van der Waals surface area contributed by atoms with Gasteiger partial charge in [0.15, 0.2) is 11.5 Å². The van der Waals surface area contributed by atoms with Crippen molar-refractivity contribution in [1.29, 1.82) is 0 Å². The van der Waals surface area contributed by atoms with Crippen molar-refractivity contribution in [3.63, 3.8) is 0 Å². The number of hydrogen-bond donors (Lipinski definition) is 0. The molecule has 110 valence electrons. The van der Waals surface area contributed by atoms with E-state index in [1.165, 1.54) is 14.2 Å². The van der Waals surface area contributed by atoms with Gasteiger partial charge in [-0.2, -0.15) is 0 Å². The molecular formula is C14H19NO5. The lowest BCUT2D eigenvalue weighted by atomic mass is 9.93. The highest BCUT2D eigenvalue weighted by molar-refractivity contribution is 5.57. The van der Waals surface area contributed by atoms with Gasteiger partial charge in [-0.05, 0) is 18.9 Å². The Bertz CT molecular complexity index is 503. The Morgan fingerprint density at radius 2 is 1.80 bits per heavy atom. The summed E-state index contributed by atoms with van der Waals surface area (Å²) in [4.78, 5) is 11.0. The first kappa shape index (κ1) is 14.4. The van der Waals surface area contributed by atoms with Crippen LogP contribution < -0.4 is 14.2 Å². The second kappa shape index (κ2) is 5.98. The minimum Gasteiger partial charge on any atom is -0.493 e. The molecule has 0 amide bonds. The van der Waals surface area contributed by atoms with E-state index in [0.29, 0.717) is 23.7 Å². The number of methoxy groups -OCH3 is 3. The van der Waals surface area contributed by atoms with Crippen LogP contribution in [0.2, 0.25) is 0 Å². The van der Waals surface area contributed by atoms with Crippen LogP contribution in [0.1, 0.15) is 30.7 Å². The molecule has 1 aliphatic rings. The molecule has 2 rings (SSSR count). The molecule has 20 heavy (non-hydrogen) atoms. The molecule has 1 aromatic carbocycles. The number of hydrogen-bond acceptors (Lipinski definition) is 5. The van der Waals surface area contributed by atoms with Gasteiger partial charge in [-0.25, -0.2) is 0 Å². The minimum absolute atomic E-state index is 0.139. The molecule has 1 aromatic rings. The summed E-state index contributed by atoms with van der Waals surface area (Å²) in [7, 11) is 4.62. The average molecular weight is 281 g/mol. The van der Waals surface area contributed by atoms with E-state index in [0.717, 1.165) is 18.4 Å². The van der Waals surface area contributed by atoms with Crippen LogP contribution in [0.5, 0.6) is 17.2 Å². The molecule has 0 radical (unpaired) electrons. The molecule has 1 saturated carbocycles. The van der Waals surface area contributed by atoms with E-state index < -0.39 is 6.04 Å². The summed E-state index contributed by atoms with van der Waals surface area (Å²) < 4.78 is 16.0. The summed E-state index contributed by atoms with van der Waals surface area (Å²) in [5, 5.41) is 11.2. The zero-order chi connectivity index (χ0) is 14.7. The molecule has 0 saturated heterocycles. The van der Waals surface area contributed by atoms with Gasteiger partial charge in [-0.3, -0.25) is 10.1 Å². The smallest absolute Gasteiger partial charge is 0.220 e. The maximum absolute atomic E-state index is 11.2. The van der Waals surface area contributed by atoms with Gasteiger partial charge in [0.25, 0.3) is 0 Å². The van der Waals surface area contributed by atoms with Crippen LogP contribution in [0, 0.1) is 10.1 Å². The third kappa shape index (κ3) is 2.37. The first-order valence-corrected chi connectivity index (χ1v) is 6.56. The lowest BCUT2D eigenvalue weighted by molar-refractivity contribution is -0.523. The maximum atomic E-state index is 11.2. The molecule has 0 aromatic heterocycles. The highest BCUT2D eigenvalue weighted by Crippen LogP contribution is 2.47. The van der Waals surface area contributed by atoms with E-state index in [2.05, 4.69) is 0 Å². The highest BCUT2D eigenvalue weighted by atomic mass is 16.6. The molecule has 0 heterocycles. The lowest BCUT2D eigenvalue weighted by Gasteiger charge is -2.20. The van der Waals surface area contributed by atoms with E-state index in [-0.39, 0.29) is 10.8 Å². The summed E-state index contributed by atoms with van der Waals surface area (Å²) in [6.45, 7) is 0. The van der Waals surface area contributed by atoms with Crippen molar-refractivity contribution >= 4 is 0 Å². The number of nitrogens with zero attached hydrogens (tertiary/aromatic N) is 1. The van der Waals surface area contributed by atoms with Gasteiger partial charge < -0.3 is 14.2 Å². The minimum atomic E-state index is -0.554. The predicted molar refractivity (Wildman–Crippen MR) is 73.5 cm³/mol. The summed E-state index contributed by atoms with van der Waals surface area (Å²) in [6.07, 6.45) is 2.25. The van der Waals surface area contributed by atoms with Gasteiger partial charge >= 0.3 is 0 Å². The van der Waals surface area contributed by atoms with Crippen LogP contribution in [-0.4, -0.2) is 32.3 Å². The number of ether oxygens (including phenoxy) is 3. The van der Waals surface area contributed by atoms with Crippen molar-refractivity contribution in [2.24, 2.45) is 0 Å². The van der Waals surface area contributed by atoms with Crippen LogP contribution in [0.3, 0.4) is 0 Å². The zero-order valence-electron chi connectivity index (χ0n) is 11.9. The van der Waals surface area contributed by atoms with E-state index in [9.17, 15) is 10.1 Å². The van der Waals surface area contributed by atoms with Gasteiger partial charge in [0.2, 0.25) is 11.8 Å². The molecule has 6 nitrogen and oxygen atoms in total. The van der Waals surface area contributed by atoms with Crippen LogP contribution in [0.4, 0.5) is 0 Å². The van der Waals surface area contributed by atoms with E-state index in [1.54, 1.807) is 13.2 Å². The molecular weight excluding hydrogens is 262 g/mol. The molecule has 1 fully saturated rings. The maximum Gasteiger partial charge on any atom is 0.220 e. The quantitative estimate of drug-likeness (QED) is 0.613. The molecule has 0 spiro atoms. The van der Waals surface area contributed by atoms with Crippen molar-refractivity contribution in [2.75, 3.05) is 21.3 Å². The van der Waals surface area contributed by atoms with Crippen LogP contribution >= 0.6 is 0 Å². The van der Waals surface area contributed by atoms with Gasteiger partial charge in [-0.15, -0.1) is 0 Å². The first-order chi connectivity index (χ1) is 9.63. The molecule has 0 N–H and O–H groups in total. The summed E-state index contributed by atoms with van der Waals surface area (Å²) in [5.41, 5.74) is 0.823. The third-order valence-corrected chi connectivity index (χ3v) is 3.88. The topological polar surface area (TPSA) is 70.8 Å². The highest BCUT2D eigenvalue weighted by Gasteiger charge is 2.39. The van der Waals surface area contributed by atoms with Gasteiger partial charge in [0.05, 0.1) is 27.2 Å². The lowest BCUT2D eigenvalue weighted by Crippen LogP contribution is -2.22. The SMILES string of the molecule is COc1ccc([C@@H]2CCC[C@H]2[N+](=O)[O-])c(OC)c1OC. The third-order valence-electron chi connectivity index (χ3n) is 3.88. The Kier molecular flexibility index (Phi) is 4.32. The molecule has 0 bridgehead atoms. The Balaban J connectivity index is 2.48. The van der Waals surface area contributed by atoms with Gasteiger partial charge in [-0.1, -0.05) is 6.07 Å². The Morgan fingerprint density at radius 3 is 2.35 bits per heavy atom. The molecule has 0 aliphatic heterocycles. The number of nitro groups is 1. The Hall–Kier alpha value is -1.98. The van der Waals surface area contributed by atoms with E-state index in [1.807, 2.05) is 6.07 Å². The summed E-state index contributed by atoms with van der Waals surface area (Å²) in [5.74, 6) is 1.44. The predicted octanol–water partition coefficient (Wildman–Crippen LogP) is 2.63. The molecule has 2 atom stereocenters. The zero-order valence-corrected chi connectivity index (χ0v) is 11.9. The van der Waals surface area contributed by atoms with Crippen molar-refractivity contribution in [3.8, 4) is 17.2 Å². The standard InChI is InChI=1S/C14H19NO5/c1-18-12-8-7-10(13(19-2)14(12)20-3)9-5-4-6-11(9)15(16)17/h7-9,11H,4-6H2,1-3H3/t9-,11+/m0/s1. The second-order valence-electron chi connectivity index (χ2n) is 4.81. The van der Waals surface area contributed by atoms with E-state index >= 15 is 0 Å². The fraction of sp³-hybridized carbons (Fsp3) is 0.571. The second-order valence-corrected chi connectivity index (χ2v) is 4.81. The summed E-state index contributed by atoms with van der Waals surface area (Å²) >= 11 is 0. The van der Waals surface area contributed by atoms with Gasteiger partial charge in [0, 0.05) is 16.9 Å². The van der Waals surface area contributed by atoms with Crippen LogP contribution in [-0.2, 0) is 0 Å². The van der Waals surface area contributed by atoms with Crippen molar-refractivity contribution in [3.05, 3.63) is 27.8 Å². The van der Waals surface area contributed by atoms with Crippen LogP contribution in [0.25, 0.3) is 0 Å². The van der Waals surface area contributed by atoms with Crippen molar-refractivity contribution in [1.82, 2.24) is 0 Å². The average Bonchev–Trinajstić information content (AvgIpc) is 2.94. The van der Waals surface area contributed by atoms with Crippen LogP contribution in [0.15, 0.2) is 12.1 Å². The largest absolute Gasteiger partial charge is 0.493 e. The summed E-state index contributed by atoms with van der Waals surface area (Å²) in [6, 6.07) is 3.06. The fourth-order valence-electron chi connectivity index (χ4n) is 2.97. The molecule has 1 aliphatic carbocycles. The Labute approximate surface area is 117 Å². The van der Waals surface area contributed by atoms with Gasteiger partial charge in [0.1, 0.15) is 0 Å². The normalized spacial score (nSPS) is 21.6. The van der Waals surface area contributed by atoms with Crippen molar-refractivity contribution in [2.45, 2.75) is 31.2 Å². The molecule has 6 heteroatoms. The van der Waals surface area contributed by atoms with E-state index in [4.69, 9.17) is 14.2 Å². The monoisotopic (exact) mass is 281 g/mol. The molecule has 0 unspecified atom stereocenters. The first-order valence-electron chi connectivity index (χ1n) is 6.56. The van der Waals surface area contributed by atoms with Crippen molar-refractivity contribution < 1.29 is 19.1 Å². The number of benzene rings is 1. The Morgan fingerprint density at radius 1 is 1.10 bits per heavy atom.